The van der Waals surface area contributed by atoms with Gasteiger partial charge in [0, 0.05) is 23.6 Å². The van der Waals surface area contributed by atoms with Crippen LogP contribution in [-0.4, -0.2) is 31.0 Å². The first-order valence-electron chi connectivity index (χ1n) is 7.92. The maximum absolute atomic E-state index is 13.0. The van der Waals surface area contributed by atoms with Crippen LogP contribution in [0.3, 0.4) is 0 Å². The topological polar surface area (TPSA) is 52.7 Å². The molecule has 8 heteroatoms. The minimum Gasteiger partial charge on any atom is -0.377 e. The molecule has 0 aromatic heterocycles. The van der Waals surface area contributed by atoms with Crippen LogP contribution in [0.5, 0.6) is 0 Å². The van der Waals surface area contributed by atoms with Gasteiger partial charge in [0.05, 0.1) is 11.4 Å². The molecule has 0 radical (unpaired) electrons. The number of hydrogen-bond acceptors (Lipinski definition) is 4. The van der Waals surface area contributed by atoms with Gasteiger partial charge in [-0.05, 0) is 76.2 Å². The van der Waals surface area contributed by atoms with E-state index in [4.69, 9.17) is 23.8 Å². The minimum absolute atomic E-state index is 0.00283. The molecule has 2 aromatic rings. The number of halogens is 2. The van der Waals surface area contributed by atoms with Gasteiger partial charge in [-0.25, -0.2) is 0 Å². The number of benzene rings is 2. The fraction of sp³-hybridized carbons (Fsp3) is 0.105. The maximum Gasteiger partial charge on any atom is 0.270 e. The van der Waals surface area contributed by atoms with Crippen LogP contribution in [0.4, 0.5) is 11.4 Å². The first-order valence-corrected chi connectivity index (χ1v) is 9.50. The van der Waals surface area contributed by atoms with Gasteiger partial charge in [-0.2, -0.15) is 0 Å². The average Bonchev–Trinajstić information content (AvgIpc) is 2.60. The molecule has 1 fully saturated rings. The molecule has 2 amide bonds. The molecule has 2 aromatic carbocycles. The quantitative estimate of drug-likeness (QED) is 0.424. The molecule has 3 rings (SSSR count). The Bertz CT molecular complexity index is 973. The van der Waals surface area contributed by atoms with Crippen molar-refractivity contribution in [2.45, 2.75) is 0 Å². The molecule has 0 atom stereocenters. The third-order valence-corrected chi connectivity index (χ3v) is 5.12. The van der Waals surface area contributed by atoms with E-state index in [0.29, 0.717) is 10.7 Å². The lowest BCUT2D eigenvalue weighted by Gasteiger charge is -2.29. The van der Waals surface area contributed by atoms with Crippen LogP contribution in [0.2, 0.25) is 5.02 Å². The Morgan fingerprint density at radius 2 is 1.81 bits per heavy atom. The van der Waals surface area contributed by atoms with Crippen molar-refractivity contribution in [2.75, 3.05) is 23.9 Å². The van der Waals surface area contributed by atoms with Crippen LogP contribution in [0.15, 0.2) is 52.5 Å². The first-order chi connectivity index (χ1) is 12.8. The first kappa shape index (κ1) is 19.5. The summed E-state index contributed by atoms with van der Waals surface area (Å²) in [5, 5.41) is 3.14. The molecule has 138 valence electrons. The summed E-state index contributed by atoms with van der Waals surface area (Å²) in [6.07, 6.45) is 1.55. The summed E-state index contributed by atoms with van der Waals surface area (Å²) >= 11 is 14.6. The molecule has 1 heterocycles. The van der Waals surface area contributed by atoms with E-state index in [9.17, 15) is 9.59 Å². The molecular formula is C19H15BrClN3O2S. The highest BCUT2D eigenvalue weighted by molar-refractivity contribution is 9.10. The Morgan fingerprint density at radius 3 is 2.41 bits per heavy atom. The highest BCUT2D eigenvalue weighted by Crippen LogP contribution is 2.28. The second kappa shape index (κ2) is 7.80. The van der Waals surface area contributed by atoms with E-state index in [1.165, 1.54) is 4.90 Å². The van der Waals surface area contributed by atoms with Crippen LogP contribution >= 0.6 is 39.7 Å². The summed E-state index contributed by atoms with van der Waals surface area (Å²) in [6.45, 7) is 0. The summed E-state index contributed by atoms with van der Waals surface area (Å²) in [6, 6.07) is 12.3. The van der Waals surface area contributed by atoms with Gasteiger partial charge in [-0.15, -0.1) is 0 Å². The molecule has 1 aliphatic heterocycles. The number of carbonyl (C=O) groups excluding carboxylic acids is 2. The number of nitrogens with one attached hydrogen (secondary N) is 1. The van der Waals surface area contributed by atoms with E-state index >= 15 is 0 Å². The van der Waals surface area contributed by atoms with Gasteiger partial charge in [0.1, 0.15) is 5.57 Å². The predicted octanol–water partition coefficient (Wildman–Crippen LogP) is 4.00. The van der Waals surface area contributed by atoms with Gasteiger partial charge in [0.25, 0.3) is 11.8 Å². The van der Waals surface area contributed by atoms with Crippen molar-refractivity contribution in [3.05, 3.63) is 63.1 Å². The fourth-order valence-corrected chi connectivity index (χ4v) is 3.78. The zero-order valence-electron chi connectivity index (χ0n) is 14.5. The van der Waals surface area contributed by atoms with Gasteiger partial charge in [0.15, 0.2) is 5.11 Å². The van der Waals surface area contributed by atoms with Crippen molar-refractivity contribution < 1.29 is 9.59 Å². The number of amides is 2. The molecule has 1 saturated heterocycles. The van der Waals surface area contributed by atoms with Crippen LogP contribution in [0.25, 0.3) is 6.08 Å². The lowest BCUT2D eigenvalue weighted by Crippen LogP contribution is -2.54. The van der Waals surface area contributed by atoms with Crippen molar-refractivity contribution in [2.24, 2.45) is 0 Å². The Balaban J connectivity index is 1.99. The zero-order chi connectivity index (χ0) is 19.7. The van der Waals surface area contributed by atoms with Crippen molar-refractivity contribution in [3.8, 4) is 0 Å². The van der Waals surface area contributed by atoms with Gasteiger partial charge < -0.3 is 4.90 Å². The smallest absolute Gasteiger partial charge is 0.270 e. The SMILES string of the molecule is CN(C)c1ccc(C=C2C(=O)NC(=S)N(c3ccc(Cl)cc3)C2=O)cc1Br. The van der Waals surface area contributed by atoms with E-state index in [0.717, 1.165) is 15.7 Å². The van der Waals surface area contributed by atoms with E-state index in [2.05, 4.69) is 21.2 Å². The van der Waals surface area contributed by atoms with Crippen molar-refractivity contribution in [1.29, 1.82) is 0 Å². The number of anilines is 2. The van der Waals surface area contributed by atoms with Crippen molar-refractivity contribution in [3.63, 3.8) is 0 Å². The molecule has 0 unspecified atom stereocenters. The van der Waals surface area contributed by atoms with E-state index in [1.807, 2.05) is 37.2 Å². The molecule has 0 bridgehead atoms. The normalized spacial score (nSPS) is 15.9. The number of rotatable bonds is 3. The summed E-state index contributed by atoms with van der Waals surface area (Å²) in [4.78, 5) is 28.5. The van der Waals surface area contributed by atoms with E-state index in [-0.39, 0.29) is 10.7 Å². The van der Waals surface area contributed by atoms with Crippen LogP contribution < -0.4 is 15.1 Å². The number of nitrogens with zero attached hydrogens (tertiary/aromatic N) is 2. The Hall–Kier alpha value is -2.22. The van der Waals surface area contributed by atoms with Gasteiger partial charge >= 0.3 is 0 Å². The standard InChI is InChI=1S/C19H15BrClN3O2S/c1-23(2)16-8-3-11(10-15(16)20)9-14-17(25)22-19(27)24(18(14)26)13-6-4-12(21)5-7-13/h3-10H,1-2H3,(H,22,25,27). The van der Waals surface area contributed by atoms with Gasteiger partial charge in [-0.1, -0.05) is 17.7 Å². The third-order valence-electron chi connectivity index (χ3n) is 3.95. The monoisotopic (exact) mass is 463 g/mol. The van der Waals surface area contributed by atoms with E-state index < -0.39 is 11.8 Å². The molecule has 0 saturated carbocycles. The van der Waals surface area contributed by atoms with Crippen LogP contribution in [0.1, 0.15) is 5.56 Å². The Labute approximate surface area is 175 Å². The van der Waals surface area contributed by atoms with Crippen molar-refractivity contribution in [1.82, 2.24) is 5.32 Å². The van der Waals surface area contributed by atoms with Gasteiger partial charge in [0.2, 0.25) is 0 Å². The summed E-state index contributed by atoms with van der Waals surface area (Å²) in [5.74, 6) is -1.01. The highest BCUT2D eigenvalue weighted by atomic mass is 79.9. The summed E-state index contributed by atoms with van der Waals surface area (Å²) in [5.41, 5.74) is 2.24. The molecule has 5 nitrogen and oxygen atoms in total. The van der Waals surface area contributed by atoms with E-state index in [1.54, 1.807) is 30.3 Å². The molecule has 1 aliphatic rings. The summed E-state index contributed by atoms with van der Waals surface area (Å²) in [7, 11) is 3.86. The fourth-order valence-electron chi connectivity index (χ4n) is 2.62. The second-order valence-corrected chi connectivity index (χ2v) is 7.72. The highest BCUT2D eigenvalue weighted by Gasteiger charge is 2.34. The molecule has 0 spiro atoms. The number of hydrogen-bond donors (Lipinski definition) is 1. The lowest BCUT2D eigenvalue weighted by molar-refractivity contribution is -0.122. The average molecular weight is 465 g/mol. The molecule has 0 aliphatic carbocycles. The largest absolute Gasteiger partial charge is 0.377 e. The predicted molar refractivity (Wildman–Crippen MR) is 116 cm³/mol. The Morgan fingerprint density at radius 1 is 1.15 bits per heavy atom. The third kappa shape index (κ3) is 4.05. The maximum atomic E-state index is 13.0. The number of thiocarbonyl (C=S) groups is 1. The Kier molecular flexibility index (Phi) is 5.64. The zero-order valence-corrected chi connectivity index (χ0v) is 17.7. The number of carbonyl (C=O) groups is 2. The van der Waals surface area contributed by atoms with Crippen LogP contribution in [0, 0.1) is 0 Å². The van der Waals surface area contributed by atoms with Crippen LogP contribution in [-0.2, 0) is 9.59 Å². The molecule has 27 heavy (non-hydrogen) atoms. The minimum atomic E-state index is -0.525. The molecular weight excluding hydrogens is 450 g/mol. The van der Waals surface area contributed by atoms with Gasteiger partial charge in [-0.3, -0.25) is 19.8 Å². The summed E-state index contributed by atoms with van der Waals surface area (Å²) < 4.78 is 0.857. The lowest BCUT2D eigenvalue weighted by atomic mass is 10.1. The van der Waals surface area contributed by atoms with Crippen molar-refractivity contribution >= 4 is 74.1 Å². The molecule has 1 N–H and O–H groups in total. The second-order valence-electron chi connectivity index (χ2n) is 6.04.